The summed E-state index contributed by atoms with van der Waals surface area (Å²) in [6.07, 6.45) is 5.00. The number of piperidine rings is 1. The first-order valence-electron chi connectivity index (χ1n) is 8.08. The van der Waals surface area contributed by atoms with Gasteiger partial charge >= 0.3 is 0 Å². The van der Waals surface area contributed by atoms with Crippen molar-refractivity contribution in [1.29, 1.82) is 0 Å². The average molecular weight is 306 g/mol. The molecule has 0 aliphatic carbocycles. The fraction of sp³-hybridized carbons (Fsp3) is 0.688. The molecule has 1 aromatic heterocycles. The van der Waals surface area contributed by atoms with Gasteiger partial charge in [0, 0.05) is 31.2 Å². The normalized spacial score (nSPS) is 19.4. The molecular formula is C16H26N4O2. The van der Waals surface area contributed by atoms with Crippen molar-refractivity contribution in [3.05, 3.63) is 23.8 Å². The summed E-state index contributed by atoms with van der Waals surface area (Å²) < 4.78 is 0. The lowest BCUT2D eigenvalue weighted by molar-refractivity contribution is 0.0846. The monoisotopic (exact) mass is 306 g/mol. The number of carbonyl (C=O) groups excluding carboxylic acids is 1. The molecule has 1 fully saturated rings. The van der Waals surface area contributed by atoms with Crippen LogP contribution in [-0.2, 0) is 0 Å². The van der Waals surface area contributed by atoms with Gasteiger partial charge in [0.25, 0.3) is 5.91 Å². The van der Waals surface area contributed by atoms with Crippen molar-refractivity contribution in [1.82, 2.24) is 20.2 Å². The first-order chi connectivity index (χ1) is 10.6. The molecule has 122 valence electrons. The first-order valence-corrected chi connectivity index (χ1v) is 8.08. The van der Waals surface area contributed by atoms with Crippen LogP contribution in [0.3, 0.4) is 0 Å². The van der Waals surface area contributed by atoms with Crippen LogP contribution in [0, 0.1) is 0 Å². The Kier molecular flexibility index (Phi) is 6.27. The Bertz CT molecular complexity index is 493. The molecule has 1 aromatic rings. The highest BCUT2D eigenvalue weighted by atomic mass is 16.3. The molecule has 2 N–H and O–H groups in total. The Labute approximate surface area is 132 Å². The van der Waals surface area contributed by atoms with Crippen LogP contribution in [0.25, 0.3) is 0 Å². The minimum Gasteiger partial charge on any atom is -0.395 e. The molecule has 1 aliphatic heterocycles. The molecule has 0 radical (unpaired) electrons. The van der Waals surface area contributed by atoms with E-state index in [1.807, 2.05) is 13.8 Å². The van der Waals surface area contributed by atoms with Gasteiger partial charge in [-0.1, -0.05) is 20.3 Å². The third-order valence-electron chi connectivity index (χ3n) is 4.07. The SMILES string of the molecule is CC(C)c1nccc(C(=O)NCCN2CCCC[C@H]2CO)n1. The third kappa shape index (κ3) is 4.48. The van der Waals surface area contributed by atoms with Crippen molar-refractivity contribution in [2.75, 3.05) is 26.2 Å². The summed E-state index contributed by atoms with van der Waals surface area (Å²) in [4.78, 5) is 22.9. The fourth-order valence-corrected chi connectivity index (χ4v) is 2.74. The van der Waals surface area contributed by atoms with E-state index in [2.05, 4.69) is 20.2 Å². The maximum absolute atomic E-state index is 12.1. The van der Waals surface area contributed by atoms with Crippen LogP contribution in [0.5, 0.6) is 0 Å². The zero-order chi connectivity index (χ0) is 15.9. The quantitative estimate of drug-likeness (QED) is 0.825. The van der Waals surface area contributed by atoms with Gasteiger partial charge < -0.3 is 10.4 Å². The molecule has 1 amide bonds. The smallest absolute Gasteiger partial charge is 0.270 e. The van der Waals surface area contributed by atoms with Gasteiger partial charge in [-0.15, -0.1) is 0 Å². The highest BCUT2D eigenvalue weighted by molar-refractivity contribution is 5.92. The highest BCUT2D eigenvalue weighted by Gasteiger charge is 2.21. The second-order valence-corrected chi connectivity index (χ2v) is 6.08. The van der Waals surface area contributed by atoms with Gasteiger partial charge in [0.1, 0.15) is 11.5 Å². The number of rotatable bonds is 6. The summed E-state index contributed by atoms with van der Waals surface area (Å²) in [6.45, 7) is 6.52. The number of nitrogens with zero attached hydrogens (tertiary/aromatic N) is 3. The maximum Gasteiger partial charge on any atom is 0.270 e. The number of likely N-dealkylation sites (tertiary alicyclic amines) is 1. The number of carbonyl (C=O) groups is 1. The molecule has 1 aliphatic rings. The van der Waals surface area contributed by atoms with E-state index < -0.39 is 0 Å². The average Bonchev–Trinajstić information content (AvgIpc) is 2.55. The number of amides is 1. The minimum absolute atomic E-state index is 0.165. The van der Waals surface area contributed by atoms with Crippen molar-refractivity contribution in [3.63, 3.8) is 0 Å². The molecule has 1 saturated heterocycles. The van der Waals surface area contributed by atoms with Crippen LogP contribution in [-0.4, -0.2) is 58.2 Å². The topological polar surface area (TPSA) is 78.4 Å². The number of aliphatic hydroxyl groups is 1. The molecule has 0 aromatic carbocycles. The van der Waals surface area contributed by atoms with Gasteiger partial charge in [-0.3, -0.25) is 9.69 Å². The number of nitrogens with one attached hydrogen (secondary N) is 1. The molecule has 1 atom stereocenters. The van der Waals surface area contributed by atoms with Crippen LogP contribution in [0.15, 0.2) is 12.3 Å². The molecule has 6 heteroatoms. The van der Waals surface area contributed by atoms with E-state index in [1.165, 1.54) is 6.42 Å². The van der Waals surface area contributed by atoms with Crippen molar-refractivity contribution in [2.45, 2.75) is 45.1 Å². The summed E-state index contributed by atoms with van der Waals surface area (Å²) in [5, 5.41) is 12.3. The molecule has 22 heavy (non-hydrogen) atoms. The van der Waals surface area contributed by atoms with Gasteiger partial charge in [0.2, 0.25) is 0 Å². The van der Waals surface area contributed by atoms with Gasteiger partial charge in [-0.2, -0.15) is 0 Å². The van der Waals surface area contributed by atoms with Crippen molar-refractivity contribution in [2.24, 2.45) is 0 Å². The molecule has 0 unspecified atom stereocenters. The predicted octanol–water partition coefficient (Wildman–Crippen LogP) is 1.18. The Balaban J connectivity index is 1.83. The summed E-state index contributed by atoms with van der Waals surface area (Å²) in [7, 11) is 0. The Morgan fingerprint density at radius 1 is 1.50 bits per heavy atom. The van der Waals surface area contributed by atoms with Gasteiger partial charge in [-0.05, 0) is 25.5 Å². The van der Waals surface area contributed by atoms with Gasteiger partial charge in [-0.25, -0.2) is 9.97 Å². The van der Waals surface area contributed by atoms with E-state index in [0.29, 0.717) is 18.1 Å². The zero-order valence-electron chi connectivity index (χ0n) is 13.5. The van der Waals surface area contributed by atoms with E-state index in [-0.39, 0.29) is 24.5 Å². The molecule has 0 saturated carbocycles. The third-order valence-corrected chi connectivity index (χ3v) is 4.07. The molecular weight excluding hydrogens is 280 g/mol. The number of aromatic nitrogens is 2. The Morgan fingerprint density at radius 2 is 2.32 bits per heavy atom. The van der Waals surface area contributed by atoms with Crippen molar-refractivity contribution >= 4 is 5.91 Å². The lowest BCUT2D eigenvalue weighted by Gasteiger charge is -2.34. The standard InChI is InChI=1S/C16H26N4O2/c1-12(2)15-17-7-6-14(19-15)16(22)18-8-10-20-9-4-3-5-13(20)11-21/h6-7,12-13,21H,3-5,8-11H2,1-2H3,(H,18,22)/t13-/m0/s1. The summed E-state index contributed by atoms with van der Waals surface area (Å²) in [5.41, 5.74) is 0.413. The van der Waals surface area contributed by atoms with Gasteiger partial charge in [0.15, 0.2) is 0 Å². The zero-order valence-corrected chi connectivity index (χ0v) is 13.5. The van der Waals surface area contributed by atoms with Crippen molar-refractivity contribution < 1.29 is 9.90 Å². The highest BCUT2D eigenvalue weighted by Crippen LogP contribution is 2.15. The predicted molar refractivity (Wildman–Crippen MR) is 84.8 cm³/mol. The number of hydrogen-bond acceptors (Lipinski definition) is 5. The molecule has 6 nitrogen and oxygen atoms in total. The second-order valence-electron chi connectivity index (χ2n) is 6.08. The second kappa shape index (κ2) is 8.19. The summed E-state index contributed by atoms with van der Waals surface area (Å²) >= 11 is 0. The summed E-state index contributed by atoms with van der Waals surface area (Å²) in [5.74, 6) is 0.720. The maximum atomic E-state index is 12.1. The molecule has 0 spiro atoms. The van der Waals surface area contributed by atoms with Crippen LogP contribution >= 0.6 is 0 Å². The van der Waals surface area contributed by atoms with Gasteiger partial charge in [0.05, 0.1) is 6.61 Å². The van der Waals surface area contributed by atoms with E-state index >= 15 is 0 Å². The van der Waals surface area contributed by atoms with E-state index in [0.717, 1.165) is 25.9 Å². The number of hydrogen-bond donors (Lipinski definition) is 2. The number of aliphatic hydroxyl groups excluding tert-OH is 1. The van der Waals surface area contributed by atoms with Crippen molar-refractivity contribution in [3.8, 4) is 0 Å². The Morgan fingerprint density at radius 3 is 3.05 bits per heavy atom. The molecule has 2 rings (SSSR count). The Hall–Kier alpha value is -1.53. The van der Waals surface area contributed by atoms with Crippen LogP contribution in [0.2, 0.25) is 0 Å². The van der Waals surface area contributed by atoms with Crippen LogP contribution in [0.4, 0.5) is 0 Å². The fourth-order valence-electron chi connectivity index (χ4n) is 2.74. The minimum atomic E-state index is -0.165. The first kappa shape index (κ1) is 16.8. The molecule has 0 bridgehead atoms. The largest absolute Gasteiger partial charge is 0.395 e. The molecule has 2 heterocycles. The summed E-state index contributed by atoms with van der Waals surface area (Å²) in [6, 6.07) is 1.87. The van der Waals surface area contributed by atoms with Crippen LogP contribution in [0.1, 0.15) is 55.3 Å². The van der Waals surface area contributed by atoms with E-state index in [9.17, 15) is 9.90 Å². The van der Waals surface area contributed by atoms with E-state index in [4.69, 9.17) is 0 Å². The van der Waals surface area contributed by atoms with E-state index in [1.54, 1.807) is 12.3 Å². The lowest BCUT2D eigenvalue weighted by Crippen LogP contribution is -2.45. The van der Waals surface area contributed by atoms with Crippen LogP contribution < -0.4 is 5.32 Å². The lowest BCUT2D eigenvalue weighted by atomic mass is 10.0.